The van der Waals surface area contributed by atoms with Crippen LogP contribution in [0.5, 0.6) is 0 Å². The van der Waals surface area contributed by atoms with E-state index in [9.17, 15) is 9.59 Å². The molecule has 0 heterocycles. The lowest BCUT2D eigenvalue weighted by molar-refractivity contribution is -0.156. The molecule has 0 saturated carbocycles. The van der Waals surface area contributed by atoms with Crippen LogP contribution >= 0.6 is 0 Å². The summed E-state index contributed by atoms with van der Waals surface area (Å²) in [7, 11) is 0. The molecule has 3 N–H and O–H groups in total. The third-order valence-corrected chi connectivity index (χ3v) is 1.28. The molecule has 0 aliphatic carbocycles. The van der Waals surface area contributed by atoms with Gasteiger partial charge < -0.3 is 15.8 Å². The van der Waals surface area contributed by atoms with Crippen molar-refractivity contribution in [2.75, 3.05) is 6.54 Å². The largest absolute Gasteiger partial charge is 0.459 e. The van der Waals surface area contributed by atoms with E-state index < -0.39 is 17.6 Å². The Morgan fingerprint density at radius 2 is 1.93 bits per heavy atom. The number of hydrogen-bond donors (Lipinski definition) is 2. The van der Waals surface area contributed by atoms with E-state index in [2.05, 4.69) is 5.32 Å². The van der Waals surface area contributed by atoms with Crippen LogP contribution < -0.4 is 11.1 Å². The van der Waals surface area contributed by atoms with Crippen LogP contribution in [0, 0.1) is 0 Å². The molecule has 0 aromatic rings. The van der Waals surface area contributed by atoms with Crippen molar-refractivity contribution >= 4 is 11.9 Å². The molecule has 82 valence electrons. The Labute approximate surface area is 84.0 Å². The zero-order valence-corrected chi connectivity index (χ0v) is 9.09. The standard InChI is InChI=1S/C9H18N2O3/c1-6(12)11-5-7(10)8(13)14-9(2,3)4/h7H,5,10H2,1-4H3,(H,11,12). The summed E-state index contributed by atoms with van der Waals surface area (Å²) in [4.78, 5) is 21.8. The molecule has 0 aliphatic rings. The number of carbonyl (C=O) groups excluding carboxylic acids is 2. The molecule has 1 unspecified atom stereocenters. The van der Waals surface area contributed by atoms with E-state index in [1.807, 2.05) is 0 Å². The number of ether oxygens (including phenoxy) is 1. The monoisotopic (exact) mass is 202 g/mol. The second-order valence-electron chi connectivity index (χ2n) is 4.08. The summed E-state index contributed by atoms with van der Waals surface area (Å²) in [6.07, 6.45) is 0. The molecule has 0 fully saturated rings. The second kappa shape index (κ2) is 4.95. The molecule has 5 heteroatoms. The van der Waals surface area contributed by atoms with Crippen molar-refractivity contribution in [1.82, 2.24) is 5.32 Å². The Kier molecular flexibility index (Phi) is 4.56. The number of nitrogens with one attached hydrogen (secondary N) is 1. The summed E-state index contributed by atoms with van der Waals surface area (Å²) < 4.78 is 5.02. The summed E-state index contributed by atoms with van der Waals surface area (Å²) in [5.41, 5.74) is 4.93. The molecule has 1 amide bonds. The zero-order chi connectivity index (χ0) is 11.4. The SMILES string of the molecule is CC(=O)NCC(N)C(=O)OC(C)(C)C. The van der Waals surface area contributed by atoms with Crippen molar-refractivity contribution < 1.29 is 14.3 Å². The predicted molar refractivity (Wildman–Crippen MR) is 52.5 cm³/mol. The topological polar surface area (TPSA) is 81.4 Å². The number of amides is 1. The molecule has 0 aromatic carbocycles. The molecule has 0 aliphatic heterocycles. The van der Waals surface area contributed by atoms with Crippen molar-refractivity contribution in [3.05, 3.63) is 0 Å². The zero-order valence-electron chi connectivity index (χ0n) is 9.09. The highest BCUT2D eigenvalue weighted by atomic mass is 16.6. The summed E-state index contributed by atoms with van der Waals surface area (Å²) in [5, 5.41) is 2.45. The summed E-state index contributed by atoms with van der Waals surface area (Å²) in [5.74, 6) is -0.727. The van der Waals surface area contributed by atoms with Gasteiger partial charge in [0.05, 0.1) is 0 Å². The lowest BCUT2D eigenvalue weighted by Gasteiger charge is -2.22. The molecule has 0 spiro atoms. The first-order valence-electron chi connectivity index (χ1n) is 4.45. The first-order chi connectivity index (χ1) is 6.22. The average Bonchev–Trinajstić information content (AvgIpc) is 1.96. The Morgan fingerprint density at radius 1 is 1.43 bits per heavy atom. The van der Waals surface area contributed by atoms with Crippen LogP contribution in [0.3, 0.4) is 0 Å². The maximum absolute atomic E-state index is 11.3. The highest BCUT2D eigenvalue weighted by Crippen LogP contribution is 2.07. The van der Waals surface area contributed by atoms with Gasteiger partial charge in [-0.25, -0.2) is 0 Å². The van der Waals surface area contributed by atoms with E-state index in [-0.39, 0.29) is 12.5 Å². The van der Waals surface area contributed by atoms with Crippen LogP contribution in [0.2, 0.25) is 0 Å². The Morgan fingerprint density at radius 3 is 2.29 bits per heavy atom. The van der Waals surface area contributed by atoms with Crippen molar-refractivity contribution in [2.24, 2.45) is 5.73 Å². The van der Waals surface area contributed by atoms with E-state index >= 15 is 0 Å². The lowest BCUT2D eigenvalue weighted by atomic mass is 10.2. The van der Waals surface area contributed by atoms with Crippen LogP contribution in [0.25, 0.3) is 0 Å². The molecule has 0 radical (unpaired) electrons. The van der Waals surface area contributed by atoms with Crippen molar-refractivity contribution in [3.8, 4) is 0 Å². The van der Waals surface area contributed by atoms with Gasteiger partial charge in [-0.2, -0.15) is 0 Å². The quantitative estimate of drug-likeness (QED) is 0.620. The molecule has 5 nitrogen and oxygen atoms in total. The molecule has 0 aromatic heterocycles. The van der Waals surface area contributed by atoms with E-state index in [0.29, 0.717) is 0 Å². The smallest absolute Gasteiger partial charge is 0.325 e. The van der Waals surface area contributed by atoms with Gasteiger partial charge in [0.1, 0.15) is 11.6 Å². The Balaban J connectivity index is 3.94. The molecular weight excluding hydrogens is 184 g/mol. The van der Waals surface area contributed by atoms with Gasteiger partial charge in [-0.15, -0.1) is 0 Å². The van der Waals surface area contributed by atoms with Gasteiger partial charge in [0, 0.05) is 13.5 Å². The Bertz CT molecular complexity index is 221. The molecule has 0 rings (SSSR count). The molecule has 1 atom stereocenters. The number of hydrogen-bond acceptors (Lipinski definition) is 4. The number of rotatable bonds is 3. The second-order valence-corrected chi connectivity index (χ2v) is 4.08. The van der Waals surface area contributed by atoms with E-state index in [0.717, 1.165) is 0 Å². The molecular formula is C9H18N2O3. The fourth-order valence-corrected chi connectivity index (χ4v) is 0.714. The third kappa shape index (κ3) is 6.42. The highest BCUT2D eigenvalue weighted by molar-refractivity contribution is 5.78. The maximum atomic E-state index is 11.3. The minimum Gasteiger partial charge on any atom is -0.459 e. The summed E-state index contributed by atoms with van der Waals surface area (Å²) >= 11 is 0. The van der Waals surface area contributed by atoms with Crippen LogP contribution in [0.1, 0.15) is 27.7 Å². The first kappa shape index (κ1) is 12.9. The minimum absolute atomic E-state index is 0.101. The fourth-order valence-electron chi connectivity index (χ4n) is 0.714. The van der Waals surface area contributed by atoms with Gasteiger partial charge >= 0.3 is 5.97 Å². The van der Waals surface area contributed by atoms with Gasteiger partial charge in [0.15, 0.2) is 0 Å². The number of nitrogens with two attached hydrogens (primary N) is 1. The average molecular weight is 202 g/mol. The third-order valence-electron chi connectivity index (χ3n) is 1.28. The normalized spacial score (nSPS) is 13.2. The first-order valence-corrected chi connectivity index (χ1v) is 4.45. The van der Waals surface area contributed by atoms with Gasteiger partial charge in [-0.3, -0.25) is 9.59 Å². The van der Waals surface area contributed by atoms with E-state index in [1.54, 1.807) is 20.8 Å². The van der Waals surface area contributed by atoms with Gasteiger partial charge in [0.25, 0.3) is 0 Å². The van der Waals surface area contributed by atoms with Crippen molar-refractivity contribution in [1.29, 1.82) is 0 Å². The molecule has 0 saturated heterocycles. The van der Waals surface area contributed by atoms with Crippen LogP contribution in [-0.4, -0.2) is 30.1 Å². The van der Waals surface area contributed by atoms with E-state index in [4.69, 9.17) is 10.5 Å². The van der Waals surface area contributed by atoms with Crippen LogP contribution in [-0.2, 0) is 14.3 Å². The minimum atomic E-state index is -0.807. The summed E-state index contributed by atoms with van der Waals surface area (Å²) in [6, 6.07) is -0.807. The van der Waals surface area contributed by atoms with Crippen LogP contribution in [0.15, 0.2) is 0 Å². The fraction of sp³-hybridized carbons (Fsp3) is 0.778. The van der Waals surface area contributed by atoms with Crippen LogP contribution in [0.4, 0.5) is 0 Å². The van der Waals surface area contributed by atoms with E-state index in [1.165, 1.54) is 6.92 Å². The van der Waals surface area contributed by atoms with Gasteiger partial charge in [0.2, 0.25) is 5.91 Å². The lowest BCUT2D eigenvalue weighted by Crippen LogP contribution is -2.45. The van der Waals surface area contributed by atoms with Gasteiger partial charge in [-0.1, -0.05) is 0 Å². The predicted octanol–water partition coefficient (Wildman–Crippen LogP) is -0.208. The molecule has 0 bridgehead atoms. The molecule has 14 heavy (non-hydrogen) atoms. The summed E-state index contributed by atoms with van der Waals surface area (Å²) in [6.45, 7) is 6.74. The van der Waals surface area contributed by atoms with Crippen molar-refractivity contribution in [2.45, 2.75) is 39.3 Å². The highest BCUT2D eigenvalue weighted by Gasteiger charge is 2.21. The Hall–Kier alpha value is -1.10. The number of esters is 1. The van der Waals surface area contributed by atoms with Crippen molar-refractivity contribution in [3.63, 3.8) is 0 Å². The number of carbonyl (C=O) groups is 2. The maximum Gasteiger partial charge on any atom is 0.325 e. The van der Waals surface area contributed by atoms with Gasteiger partial charge in [-0.05, 0) is 20.8 Å².